The van der Waals surface area contributed by atoms with Gasteiger partial charge in [0, 0.05) is 37.9 Å². The molecule has 1 atom stereocenters. The number of aryl methyl sites for hydroxylation is 1. The van der Waals surface area contributed by atoms with Gasteiger partial charge in [0.25, 0.3) is 17.6 Å². The van der Waals surface area contributed by atoms with Gasteiger partial charge in [-0.05, 0) is 43.2 Å². The summed E-state index contributed by atoms with van der Waals surface area (Å²) < 4.78 is 10.8. The van der Waals surface area contributed by atoms with Gasteiger partial charge in [-0.1, -0.05) is 36.9 Å². The summed E-state index contributed by atoms with van der Waals surface area (Å²) in [5.41, 5.74) is -0.0368. The van der Waals surface area contributed by atoms with E-state index in [-0.39, 0.29) is 18.7 Å². The number of ether oxygens (including phenoxy) is 2. The van der Waals surface area contributed by atoms with E-state index in [1.54, 1.807) is 61.5 Å². The monoisotopic (exact) mass is 502 g/mol. The molecule has 2 aliphatic rings. The Kier molecular flexibility index (Phi) is 7.31. The quantitative estimate of drug-likeness (QED) is 0.175. The van der Waals surface area contributed by atoms with E-state index in [2.05, 4.69) is 13.2 Å². The number of methoxy groups -OCH3 is 1. The first-order valence-corrected chi connectivity index (χ1v) is 12.0. The number of amides is 2. The highest BCUT2D eigenvalue weighted by molar-refractivity contribution is 6.50. The second-order valence-electron chi connectivity index (χ2n) is 8.87. The lowest BCUT2D eigenvalue weighted by atomic mass is 9.81. The molecular weight excluding hydrogens is 472 g/mol. The Balaban J connectivity index is 1.97. The van der Waals surface area contributed by atoms with Crippen molar-refractivity contribution >= 4 is 29.0 Å². The fourth-order valence-electron chi connectivity index (χ4n) is 5.10. The standard InChI is InChI=1S/C29H30N2O6/c1-5-14-30-22-11-8-7-10-21(22)29(28(30)35)24(26(33)27(34)31(29)15-9-17-36-4)25(32)20-12-13-23(19(3)18-20)37-16-6-2/h5-8,10-13,18,32H,1-2,9,14-17H2,3-4H3/b25-24-. The summed E-state index contributed by atoms with van der Waals surface area (Å²) in [6, 6.07) is 11.9. The van der Waals surface area contributed by atoms with Crippen LogP contribution in [-0.4, -0.2) is 61.0 Å². The molecule has 2 aromatic carbocycles. The second-order valence-corrected chi connectivity index (χ2v) is 8.87. The molecule has 37 heavy (non-hydrogen) atoms. The van der Waals surface area contributed by atoms with Crippen molar-refractivity contribution in [1.82, 2.24) is 4.90 Å². The maximum atomic E-state index is 14.2. The molecule has 1 spiro atoms. The van der Waals surface area contributed by atoms with Crippen LogP contribution in [0.2, 0.25) is 0 Å². The highest BCUT2D eigenvalue weighted by atomic mass is 16.5. The van der Waals surface area contributed by atoms with E-state index < -0.39 is 28.9 Å². The van der Waals surface area contributed by atoms with Gasteiger partial charge in [-0.2, -0.15) is 0 Å². The maximum absolute atomic E-state index is 14.2. The summed E-state index contributed by atoms with van der Waals surface area (Å²) in [6.07, 6.45) is 3.60. The van der Waals surface area contributed by atoms with Crippen LogP contribution in [0.3, 0.4) is 0 Å². The number of para-hydroxylation sites is 1. The normalized spacial score (nSPS) is 20.0. The topological polar surface area (TPSA) is 96.4 Å². The van der Waals surface area contributed by atoms with Crippen molar-refractivity contribution in [1.29, 1.82) is 0 Å². The van der Waals surface area contributed by atoms with Gasteiger partial charge in [-0.3, -0.25) is 14.4 Å². The highest BCUT2D eigenvalue weighted by Gasteiger charge is 2.66. The molecule has 1 unspecified atom stereocenters. The van der Waals surface area contributed by atoms with Crippen LogP contribution in [0.25, 0.3) is 5.76 Å². The summed E-state index contributed by atoms with van der Waals surface area (Å²) in [6.45, 7) is 10.1. The zero-order chi connectivity index (χ0) is 26.7. The molecule has 1 N–H and O–H groups in total. The lowest BCUT2D eigenvalue weighted by Gasteiger charge is -2.34. The van der Waals surface area contributed by atoms with Crippen LogP contribution in [0.1, 0.15) is 23.1 Å². The first kappa shape index (κ1) is 25.9. The van der Waals surface area contributed by atoms with Crippen molar-refractivity contribution < 1.29 is 29.0 Å². The number of fused-ring (bicyclic) bond motifs is 2. The smallest absolute Gasteiger partial charge is 0.296 e. The fraction of sp³-hybridized carbons (Fsp3) is 0.276. The molecule has 0 bridgehead atoms. The number of carbonyl (C=O) groups is 3. The zero-order valence-corrected chi connectivity index (χ0v) is 21.0. The van der Waals surface area contributed by atoms with Crippen LogP contribution >= 0.6 is 0 Å². The number of likely N-dealkylation sites (tertiary alicyclic amines) is 1. The number of anilines is 1. The summed E-state index contributed by atoms with van der Waals surface area (Å²) in [7, 11) is 1.54. The molecule has 2 amide bonds. The Hall–Kier alpha value is -4.17. The van der Waals surface area contributed by atoms with Crippen molar-refractivity contribution in [3.63, 3.8) is 0 Å². The molecule has 192 valence electrons. The Morgan fingerprint density at radius 3 is 2.54 bits per heavy atom. The lowest BCUT2D eigenvalue weighted by molar-refractivity contribution is -0.143. The van der Waals surface area contributed by atoms with Crippen LogP contribution in [0, 0.1) is 6.92 Å². The minimum atomic E-state index is -1.81. The number of aliphatic hydroxyl groups is 1. The average molecular weight is 503 g/mol. The van der Waals surface area contributed by atoms with Gasteiger partial charge in [-0.15, -0.1) is 6.58 Å². The molecule has 0 radical (unpaired) electrons. The van der Waals surface area contributed by atoms with Crippen LogP contribution < -0.4 is 9.64 Å². The SMILES string of the molecule is C=CCOc1ccc(/C(O)=C2\C(=O)C(=O)N(CCCOC)C23C(=O)N(CC=C)c2ccccc23)cc1C. The summed E-state index contributed by atoms with van der Waals surface area (Å²) in [5, 5.41) is 11.6. The molecule has 8 nitrogen and oxygen atoms in total. The van der Waals surface area contributed by atoms with E-state index in [4.69, 9.17) is 9.47 Å². The van der Waals surface area contributed by atoms with Gasteiger partial charge in [0.1, 0.15) is 18.1 Å². The third kappa shape index (κ3) is 4.03. The number of aliphatic hydroxyl groups excluding tert-OH is 1. The lowest BCUT2D eigenvalue weighted by Crippen LogP contribution is -2.52. The Morgan fingerprint density at radius 2 is 1.86 bits per heavy atom. The third-order valence-electron chi connectivity index (χ3n) is 6.66. The molecule has 0 aliphatic carbocycles. The van der Waals surface area contributed by atoms with Crippen LogP contribution in [-0.2, 0) is 24.7 Å². The van der Waals surface area contributed by atoms with E-state index in [0.717, 1.165) is 0 Å². The van der Waals surface area contributed by atoms with Crippen molar-refractivity contribution in [2.75, 3.05) is 38.3 Å². The summed E-state index contributed by atoms with van der Waals surface area (Å²) >= 11 is 0. The number of hydrogen-bond donors (Lipinski definition) is 1. The largest absolute Gasteiger partial charge is 0.507 e. The molecule has 2 aliphatic heterocycles. The number of carbonyl (C=O) groups excluding carboxylic acids is 3. The number of rotatable bonds is 10. The van der Waals surface area contributed by atoms with E-state index in [0.29, 0.717) is 47.8 Å². The highest BCUT2D eigenvalue weighted by Crippen LogP contribution is 2.53. The van der Waals surface area contributed by atoms with Crippen LogP contribution in [0.15, 0.2) is 73.3 Å². The number of hydrogen-bond acceptors (Lipinski definition) is 6. The van der Waals surface area contributed by atoms with Crippen molar-refractivity contribution in [3.8, 4) is 5.75 Å². The van der Waals surface area contributed by atoms with Gasteiger partial charge in [0.15, 0.2) is 5.54 Å². The number of nitrogens with zero attached hydrogens (tertiary/aromatic N) is 2. The molecular formula is C29H30N2O6. The second kappa shape index (κ2) is 10.4. The van der Waals surface area contributed by atoms with E-state index in [1.165, 1.54) is 16.9 Å². The van der Waals surface area contributed by atoms with E-state index >= 15 is 0 Å². The minimum Gasteiger partial charge on any atom is -0.507 e. The van der Waals surface area contributed by atoms with Gasteiger partial charge in [0.2, 0.25) is 0 Å². The molecule has 0 saturated carbocycles. The minimum absolute atomic E-state index is 0.0879. The van der Waals surface area contributed by atoms with Gasteiger partial charge in [0.05, 0.1) is 11.3 Å². The third-order valence-corrected chi connectivity index (χ3v) is 6.66. The molecule has 1 saturated heterocycles. The van der Waals surface area contributed by atoms with E-state index in [1.807, 2.05) is 0 Å². The van der Waals surface area contributed by atoms with Crippen LogP contribution in [0.4, 0.5) is 5.69 Å². The molecule has 2 heterocycles. The van der Waals surface area contributed by atoms with Crippen molar-refractivity contribution in [2.24, 2.45) is 0 Å². The van der Waals surface area contributed by atoms with Gasteiger partial charge >= 0.3 is 0 Å². The van der Waals surface area contributed by atoms with Crippen LogP contribution in [0.5, 0.6) is 5.75 Å². The van der Waals surface area contributed by atoms with Gasteiger partial charge < -0.3 is 24.4 Å². The fourth-order valence-corrected chi connectivity index (χ4v) is 5.10. The summed E-state index contributed by atoms with van der Waals surface area (Å²) in [5.74, 6) is -2.08. The van der Waals surface area contributed by atoms with E-state index in [9.17, 15) is 19.5 Å². The van der Waals surface area contributed by atoms with Gasteiger partial charge in [-0.25, -0.2) is 0 Å². The Labute approximate surface area is 216 Å². The Bertz CT molecular complexity index is 1310. The maximum Gasteiger partial charge on any atom is 0.296 e. The molecule has 2 aromatic rings. The van der Waals surface area contributed by atoms with Crippen molar-refractivity contribution in [2.45, 2.75) is 18.9 Å². The zero-order valence-electron chi connectivity index (χ0n) is 21.0. The first-order valence-electron chi connectivity index (χ1n) is 12.0. The van der Waals surface area contributed by atoms with Crippen molar-refractivity contribution in [3.05, 3.63) is 90.0 Å². The predicted molar refractivity (Wildman–Crippen MR) is 140 cm³/mol. The summed E-state index contributed by atoms with van der Waals surface area (Å²) in [4.78, 5) is 44.0. The molecule has 4 rings (SSSR count). The number of ketones is 1. The number of benzene rings is 2. The molecule has 1 fully saturated rings. The molecule has 0 aromatic heterocycles. The number of Topliss-reactive ketones (excluding diaryl/α,β-unsaturated/α-hetero) is 1. The first-order chi connectivity index (χ1) is 17.8. The average Bonchev–Trinajstić information content (AvgIpc) is 3.27. The predicted octanol–water partition coefficient (Wildman–Crippen LogP) is 3.70. The Morgan fingerprint density at radius 1 is 1.11 bits per heavy atom. The molecule has 8 heteroatoms.